The first-order valence-electron chi connectivity index (χ1n) is 9.23. The van der Waals surface area contributed by atoms with Gasteiger partial charge in [-0.05, 0) is 24.3 Å². The lowest BCUT2D eigenvalue weighted by Crippen LogP contribution is -2.36. The molecule has 1 unspecified atom stereocenters. The molecule has 1 aliphatic heterocycles. The molecule has 0 bridgehead atoms. The molecule has 2 heterocycles. The van der Waals surface area contributed by atoms with Crippen LogP contribution in [0.4, 0.5) is 0 Å². The van der Waals surface area contributed by atoms with Crippen LogP contribution in [0.25, 0.3) is 10.9 Å². The number of aromatic amines is 1. The van der Waals surface area contributed by atoms with Gasteiger partial charge in [-0.15, -0.1) is 0 Å². The lowest BCUT2D eigenvalue weighted by Gasteiger charge is -2.33. The Labute approximate surface area is 162 Å². The molecule has 0 saturated heterocycles. The van der Waals surface area contributed by atoms with E-state index in [1.807, 2.05) is 30.3 Å². The normalized spacial score (nSPS) is 16.8. The van der Waals surface area contributed by atoms with E-state index in [0.717, 1.165) is 16.9 Å². The lowest BCUT2D eigenvalue weighted by molar-refractivity contribution is 0.0888. The number of ether oxygens (including phenoxy) is 2. The number of nitrogens with zero attached hydrogens (tertiary/aromatic N) is 2. The minimum atomic E-state index is -0.669. The van der Waals surface area contributed by atoms with Gasteiger partial charge in [0.1, 0.15) is 17.3 Å². The molecule has 1 aromatic heterocycles. The maximum absolute atomic E-state index is 12.2. The van der Waals surface area contributed by atoms with Gasteiger partial charge in [-0.25, -0.2) is 4.98 Å². The topological polar surface area (TPSA) is 87.7 Å². The highest BCUT2D eigenvalue weighted by Gasteiger charge is 2.29. The zero-order valence-electron chi connectivity index (χ0n) is 15.9. The number of fused-ring (bicyclic) bond motifs is 2. The number of aromatic nitrogens is 2. The van der Waals surface area contributed by atoms with Crippen LogP contribution in [0.5, 0.6) is 11.5 Å². The average molecular weight is 381 g/mol. The van der Waals surface area contributed by atoms with Crippen molar-refractivity contribution >= 4 is 10.9 Å². The van der Waals surface area contributed by atoms with Crippen molar-refractivity contribution in [2.75, 3.05) is 27.3 Å². The van der Waals surface area contributed by atoms with E-state index < -0.39 is 6.10 Å². The largest absolute Gasteiger partial charge is 0.496 e. The molecule has 7 nitrogen and oxygen atoms in total. The van der Waals surface area contributed by atoms with Crippen molar-refractivity contribution in [3.8, 4) is 11.5 Å². The molecule has 2 N–H and O–H groups in total. The van der Waals surface area contributed by atoms with Crippen LogP contribution in [0.1, 0.15) is 23.1 Å². The molecule has 7 heteroatoms. The molecule has 0 amide bonds. The number of β-amino-alcohol motifs (C(OH)–C–C–N with tert-alkyl or cyclic N) is 1. The fourth-order valence-corrected chi connectivity index (χ4v) is 3.83. The molecule has 1 aliphatic rings. The van der Waals surface area contributed by atoms with Crippen LogP contribution in [0.2, 0.25) is 0 Å². The monoisotopic (exact) mass is 381 g/mol. The van der Waals surface area contributed by atoms with Gasteiger partial charge in [0, 0.05) is 37.2 Å². The second-order valence-electron chi connectivity index (χ2n) is 6.89. The zero-order chi connectivity index (χ0) is 19.7. The van der Waals surface area contributed by atoms with Gasteiger partial charge in [0.15, 0.2) is 0 Å². The standard InChI is InChI=1S/C21H23N3O4/c1-27-17-7-8-18(28-2)20-14(17)11-24(12-16(20)25)10-9-19-22-15-6-4-3-5-13(15)21(26)23-19/h3-8,16,25H,9-12H2,1-2H3,(H,22,23,26). The molecule has 0 aliphatic carbocycles. The Morgan fingerprint density at radius 1 is 1.18 bits per heavy atom. The van der Waals surface area contributed by atoms with E-state index >= 15 is 0 Å². The van der Waals surface area contributed by atoms with Gasteiger partial charge in [0.2, 0.25) is 0 Å². The Morgan fingerprint density at radius 3 is 2.71 bits per heavy atom. The Kier molecular flexibility index (Phi) is 5.02. The number of H-pyrrole nitrogens is 1. The summed E-state index contributed by atoms with van der Waals surface area (Å²) in [6, 6.07) is 11.0. The minimum absolute atomic E-state index is 0.129. The van der Waals surface area contributed by atoms with Crippen LogP contribution in [-0.4, -0.2) is 47.3 Å². The van der Waals surface area contributed by atoms with Crippen LogP contribution < -0.4 is 15.0 Å². The third-order valence-electron chi connectivity index (χ3n) is 5.19. The molecule has 0 spiro atoms. The average Bonchev–Trinajstić information content (AvgIpc) is 2.71. The fraction of sp³-hybridized carbons (Fsp3) is 0.333. The molecular weight excluding hydrogens is 358 g/mol. The number of benzene rings is 2. The van der Waals surface area contributed by atoms with E-state index in [-0.39, 0.29) is 5.56 Å². The zero-order valence-corrected chi connectivity index (χ0v) is 15.9. The van der Waals surface area contributed by atoms with Gasteiger partial charge < -0.3 is 19.6 Å². The minimum Gasteiger partial charge on any atom is -0.496 e. The van der Waals surface area contributed by atoms with Crippen molar-refractivity contribution in [3.05, 3.63) is 63.7 Å². The molecular formula is C21H23N3O4. The summed E-state index contributed by atoms with van der Waals surface area (Å²) in [5.74, 6) is 2.04. The highest BCUT2D eigenvalue weighted by Crippen LogP contribution is 2.39. The Balaban J connectivity index is 1.56. The first-order valence-corrected chi connectivity index (χ1v) is 9.23. The third-order valence-corrected chi connectivity index (χ3v) is 5.19. The molecule has 28 heavy (non-hydrogen) atoms. The van der Waals surface area contributed by atoms with E-state index in [1.165, 1.54) is 0 Å². The number of rotatable bonds is 5. The summed E-state index contributed by atoms with van der Waals surface area (Å²) >= 11 is 0. The summed E-state index contributed by atoms with van der Waals surface area (Å²) in [5.41, 5.74) is 2.28. The Hall–Kier alpha value is -2.90. The molecule has 2 aromatic carbocycles. The first kappa shape index (κ1) is 18.5. The van der Waals surface area contributed by atoms with Crippen LogP contribution in [0.15, 0.2) is 41.2 Å². The Bertz CT molecular complexity index is 1060. The number of aliphatic hydroxyl groups is 1. The number of nitrogens with one attached hydrogen (secondary N) is 1. The van der Waals surface area contributed by atoms with E-state index in [0.29, 0.717) is 48.5 Å². The molecule has 3 aromatic rings. The molecule has 0 fully saturated rings. The van der Waals surface area contributed by atoms with Gasteiger partial charge in [-0.2, -0.15) is 0 Å². The molecule has 1 atom stereocenters. The van der Waals surface area contributed by atoms with E-state index in [9.17, 15) is 9.90 Å². The fourth-order valence-electron chi connectivity index (χ4n) is 3.83. The van der Waals surface area contributed by atoms with Crippen LogP contribution in [0, 0.1) is 0 Å². The summed E-state index contributed by atoms with van der Waals surface area (Å²) in [7, 11) is 3.22. The third kappa shape index (κ3) is 3.34. The Morgan fingerprint density at radius 2 is 1.93 bits per heavy atom. The van der Waals surface area contributed by atoms with E-state index in [4.69, 9.17) is 9.47 Å². The summed E-state index contributed by atoms with van der Waals surface area (Å²) in [4.78, 5) is 21.8. The van der Waals surface area contributed by atoms with Crippen molar-refractivity contribution in [1.29, 1.82) is 0 Å². The summed E-state index contributed by atoms with van der Waals surface area (Å²) < 4.78 is 10.9. The summed E-state index contributed by atoms with van der Waals surface area (Å²) in [5, 5.41) is 11.3. The maximum Gasteiger partial charge on any atom is 0.258 e. The maximum atomic E-state index is 12.2. The van der Waals surface area contributed by atoms with Crippen molar-refractivity contribution in [2.24, 2.45) is 0 Å². The van der Waals surface area contributed by atoms with Crippen molar-refractivity contribution < 1.29 is 14.6 Å². The van der Waals surface area contributed by atoms with Gasteiger partial charge in [0.25, 0.3) is 5.56 Å². The predicted molar refractivity (Wildman–Crippen MR) is 106 cm³/mol. The van der Waals surface area contributed by atoms with Crippen molar-refractivity contribution in [3.63, 3.8) is 0 Å². The highest BCUT2D eigenvalue weighted by molar-refractivity contribution is 5.77. The van der Waals surface area contributed by atoms with Crippen LogP contribution in [0.3, 0.4) is 0 Å². The van der Waals surface area contributed by atoms with Crippen molar-refractivity contribution in [2.45, 2.75) is 19.1 Å². The lowest BCUT2D eigenvalue weighted by atomic mass is 9.95. The number of hydrogen-bond donors (Lipinski definition) is 2. The number of aliphatic hydroxyl groups excluding tert-OH is 1. The predicted octanol–water partition coefficient (Wildman–Crippen LogP) is 2.03. The molecule has 0 radical (unpaired) electrons. The van der Waals surface area contributed by atoms with Crippen LogP contribution in [-0.2, 0) is 13.0 Å². The summed E-state index contributed by atoms with van der Waals surface area (Å²) in [6.45, 7) is 1.76. The van der Waals surface area contributed by atoms with Gasteiger partial charge >= 0.3 is 0 Å². The van der Waals surface area contributed by atoms with Crippen LogP contribution >= 0.6 is 0 Å². The molecule has 0 saturated carbocycles. The van der Waals surface area contributed by atoms with E-state index in [1.54, 1.807) is 20.3 Å². The molecule has 4 rings (SSSR count). The number of para-hydroxylation sites is 1. The quantitative estimate of drug-likeness (QED) is 0.703. The number of hydrogen-bond acceptors (Lipinski definition) is 6. The second kappa shape index (κ2) is 7.61. The smallest absolute Gasteiger partial charge is 0.258 e. The second-order valence-corrected chi connectivity index (χ2v) is 6.89. The van der Waals surface area contributed by atoms with Crippen molar-refractivity contribution in [1.82, 2.24) is 14.9 Å². The van der Waals surface area contributed by atoms with Gasteiger partial charge in [0.05, 0.1) is 31.2 Å². The van der Waals surface area contributed by atoms with E-state index in [2.05, 4.69) is 14.9 Å². The van der Waals surface area contributed by atoms with Gasteiger partial charge in [-0.3, -0.25) is 9.69 Å². The number of methoxy groups -OCH3 is 2. The molecule has 146 valence electrons. The highest BCUT2D eigenvalue weighted by atomic mass is 16.5. The summed E-state index contributed by atoms with van der Waals surface area (Å²) in [6.07, 6.45) is -0.0913. The van der Waals surface area contributed by atoms with Gasteiger partial charge in [-0.1, -0.05) is 12.1 Å². The SMILES string of the molecule is COc1ccc(OC)c2c1CN(CCc1nc3ccccc3c(=O)[nH]1)CC2O. The first-order chi connectivity index (χ1) is 13.6.